The van der Waals surface area contributed by atoms with Crippen LogP contribution in [0.2, 0.25) is 0 Å². The Morgan fingerprint density at radius 1 is 1.31 bits per heavy atom. The van der Waals surface area contributed by atoms with Gasteiger partial charge in [0.25, 0.3) is 0 Å². The second-order valence-corrected chi connectivity index (χ2v) is 9.91. The molecule has 0 spiro atoms. The minimum Gasteiger partial charge on any atom is -0.384 e. The van der Waals surface area contributed by atoms with Gasteiger partial charge in [0.2, 0.25) is 0 Å². The summed E-state index contributed by atoms with van der Waals surface area (Å²) in [4.78, 5) is 14.6. The predicted molar refractivity (Wildman–Crippen MR) is 120 cm³/mol. The first-order valence-corrected chi connectivity index (χ1v) is 12.0. The van der Waals surface area contributed by atoms with Gasteiger partial charge in [0.15, 0.2) is 5.78 Å². The van der Waals surface area contributed by atoms with Gasteiger partial charge in [0, 0.05) is 23.4 Å². The average Bonchev–Trinajstić information content (AvgIpc) is 3.21. The van der Waals surface area contributed by atoms with Crippen LogP contribution in [0.1, 0.15) is 43.2 Å². The van der Waals surface area contributed by atoms with Gasteiger partial charge in [0.1, 0.15) is 5.82 Å². The lowest BCUT2D eigenvalue weighted by atomic mass is 9.76. The van der Waals surface area contributed by atoms with Gasteiger partial charge >= 0.3 is 6.18 Å². The highest BCUT2D eigenvalue weighted by Crippen LogP contribution is 2.49. The smallest absolute Gasteiger partial charge is 0.384 e. The quantitative estimate of drug-likeness (QED) is 0.535. The second kappa shape index (κ2) is 8.68. The Kier molecular flexibility index (Phi) is 6.10. The van der Waals surface area contributed by atoms with Gasteiger partial charge in [-0.1, -0.05) is 13.0 Å². The van der Waals surface area contributed by atoms with Crippen LogP contribution in [0.15, 0.2) is 62.6 Å². The molecule has 0 amide bonds. The van der Waals surface area contributed by atoms with Gasteiger partial charge < -0.3 is 5.73 Å². The minimum absolute atomic E-state index is 0.0731. The zero-order valence-corrected chi connectivity index (χ0v) is 18.8. The van der Waals surface area contributed by atoms with Crippen molar-refractivity contribution < 1.29 is 18.0 Å². The molecule has 0 fully saturated rings. The number of ketones is 1. The van der Waals surface area contributed by atoms with Crippen LogP contribution in [0.3, 0.4) is 0 Å². The molecule has 9 heteroatoms. The Labute approximate surface area is 192 Å². The minimum atomic E-state index is -4.52. The number of thioether (sulfide) groups is 1. The molecule has 2 heterocycles. The van der Waals surface area contributed by atoms with Gasteiger partial charge in [-0.15, -0.1) is 23.1 Å². The molecule has 166 valence electrons. The van der Waals surface area contributed by atoms with E-state index in [2.05, 4.69) is 6.07 Å². The van der Waals surface area contributed by atoms with Crippen molar-refractivity contribution in [2.24, 2.45) is 5.73 Å². The topological polar surface area (TPSA) is 70.1 Å². The number of Topliss-reactive ketones (excluding diaryl/α,β-unsaturated/α-hetero) is 1. The van der Waals surface area contributed by atoms with Crippen LogP contribution in [-0.2, 0) is 11.0 Å². The van der Waals surface area contributed by atoms with Crippen LogP contribution >= 0.6 is 23.1 Å². The van der Waals surface area contributed by atoms with E-state index in [1.807, 2.05) is 18.4 Å². The maximum Gasteiger partial charge on any atom is 0.416 e. The van der Waals surface area contributed by atoms with Crippen molar-refractivity contribution in [1.29, 1.82) is 5.26 Å². The van der Waals surface area contributed by atoms with Crippen LogP contribution in [0.25, 0.3) is 0 Å². The van der Waals surface area contributed by atoms with Crippen molar-refractivity contribution in [3.63, 3.8) is 0 Å². The molecule has 0 bridgehead atoms. The lowest BCUT2D eigenvalue weighted by Gasteiger charge is -2.39. The highest BCUT2D eigenvalue weighted by Gasteiger charge is 2.41. The van der Waals surface area contributed by atoms with Gasteiger partial charge in [-0.2, -0.15) is 18.4 Å². The van der Waals surface area contributed by atoms with E-state index >= 15 is 0 Å². The Hall–Kier alpha value is -2.70. The highest BCUT2D eigenvalue weighted by atomic mass is 32.2. The first-order chi connectivity index (χ1) is 15.3. The fraction of sp³-hybridized carbons (Fsp3) is 0.304. The van der Waals surface area contributed by atoms with Crippen LogP contribution in [0.5, 0.6) is 0 Å². The van der Waals surface area contributed by atoms with Crippen LogP contribution in [0, 0.1) is 11.3 Å². The molecule has 2 N–H and O–H groups in total. The summed E-state index contributed by atoms with van der Waals surface area (Å²) in [6.45, 7) is 2.02. The molecule has 1 aliphatic heterocycles. The number of hydrogen-bond donors (Lipinski definition) is 1. The van der Waals surface area contributed by atoms with Crippen molar-refractivity contribution in [3.8, 4) is 6.07 Å². The normalized spacial score (nSPS) is 19.3. The molecule has 1 aromatic carbocycles. The Balaban J connectivity index is 1.94. The van der Waals surface area contributed by atoms with Gasteiger partial charge in [-0.25, -0.2) is 0 Å². The first kappa shape index (κ1) is 22.5. The fourth-order valence-corrected chi connectivity index (χ4v) is 6.35. The molecular weight excluding hydrogens is 455 g/mol. The van der Waals surface area contributed by atoms with E-state index in [4.69, 9.17) is 5.73 Å². The van der Waals surface area contributed by atoms with E-state index in [0.29, 0.717) is 30.5 Å². The van der Waals surface area contributed by atoms with E-state index in [-0.39, 0.29) is 22.9 Å². The summed E-state index contributed by atoms with van der Waals surface area (Å²) >= 11 is 3.17. The lowest BCUT2D eigenvalue weighted by Crippen LogP contribution is -2.38. The maximum atomic E-state index is 13.4. The zero-order valence-electron chi connectivity index (χ0n) is 17.2. The van der Waals surface area contributed by atoms with Gasteiger partial charge in [0.05, 0.1) is 27.3 Å². The number of halogens is 3. The molecule has 1 aliphatic carbocycles. The molecular formula is C23H20F3N3OS2. The summed E-state index contributed by atoms with van der Waals surface area (Å²) in [6.07, 6.45) is -3.11. The average molecular weight is 476 g/mol. The fourth-order valence-electron chi connectivity index (χ4n) is 4.28. The third kappa shape index (κ3) is 3.82. The van der Waals surface area contributed by atoms with E-state index < -0.39 is 17.7 Å². The number of hydrogen-bond acceptors (Lipinski definition) is 6. The molecule has 32 heavy (non-hydrogen) atoms. The summed E-state index contributed by atoms with van der Waals surface area (Å²) in [7, 11) is 0. The Morgan fingerprint density at radius 2 is 2.09 bits per heavy atom. The number of anilines is 1. The molecule has 4 rings (SSSR count). The maximum absolute atomic E-state index is 13.4. The largest absolute Gasteiger partial charge is 0.416 e. The summed E-state index contributed by atoms with van der Waals surface area (Å²) in [6, 6.07) is 8.89. The second-order valence-electron chi connectivity index (χ2n) is 7.46. The molecule has 2 aliphatic rings. The third-order valence-corrected chi connectivity index (χ3v) is 7.74. The number of allylic oxidation sites excluding steroid dienone is 3. The van der Waals surface area contributed by atoms with E-state index in [1.165, 1.54) is 17.0 Å². The molecule has 2 aromatic rings. The number of thiophene rings is 1. The molecule has 0 saturated carbocycles. The number of nitriles is 1. The van der Waals surface area contributed by atoms with E-state index in [1.54, 1.807) is 23.1 Å². The summed E-state index contributed by atoms with van der Waals surface area (Å²) in [5.41, 5.74) is 7.93. The van der Waals surface area contributed by atoms with E-state index in [0.717, 1.165) is 27.7 Å². The van der Waals surface area contributed by atoms with Crippen molar-refractivity contribution in [3.05, 3.63) is 69.5 Å². The van der Waals surface area contributed by atoms with Crippen LogP contribution in [-0.4, -0.2) is 11.5 Å². The SMILES string of the molecule is CCSc1sccc1[C@H]1C(C#N)=C(N)N(c2cccc(C(F)(F)F)c2)C2=C1C(=O)CCC2. The third-order valence-electron chi connectivity index (χ3n) is 5.59. The number of carbonyl (C=O) groups excluding carboxylic acids is 1. The van der Waals surface area contributed by atoms with Gasteiger partial charge in [-0.3, -0.25) is 9.69 Å². The first-order valence-electron chi connectivity index (χ1n) is 10.1. The van der Waals surface area contributed by atoms with Crippen molar-refractivity contribution in [2.45, 2.75) is 42.5 Å². The number of benzene rings is 1. The molecule has 0 saturated heterocycles. The standard InChI is InChI=1S/C23H20F3N3OS2/c1-2-31-22-15(9-10-32-22)19-16(12-27)21(28)29(17-7-4-8-18(30)20(17)19)14-6-3-5-13(11-14)23(24,25)26/h3,5-6,9-11,19H,2,4,7-8,28H2,1H3/t19-/m0/s1. The van der Waals surface area contributed by atoms with Crippen LogP contribution < -0.4 is 10.6 Å². The number of carbonyl (C=O) groups is 1. The summed E-state index contributed by atoms with van der Waals surface area (Å²) in [5.74, 6) is 0.207. The number of rotatable bonds is 4. The summed E-state index contributed by atoms with van der Waals surface area (Å²) < 4.78 is 41.1. The lowest BCUT2D eigenvalue weighted by molar-refractivity contribution is -0.137. The van der Waals surface area contributed by atoms with E-state index in [9.17, 15) is 23.2 Å². The number of nitrogens with zero attached hydrogens (tertiary/aromatic N) is 2. The number of alkyl halides is 3. The Bertz CT molecular complexity index is 1170. The predicted octanol–water partition coefficient (Wildman–Crippen LogP) is 6.18. The van der Waals surface area contributed by atoms with Crippen molar-refractivity contribution >= 4 is 34.6 Å². The summed E-state index contributed by atoms with van der Waals surface area (Å²) in [5, 5.41) is 12.0. The van der Waals surface area contributed by atoms with Crippen molar-refractivity contribution in [2.75, 3.05) is 10.7 Å². The van der Waals surface area contributed by atoms with Crippen LogP contribution in [0.4, 0.5) is 18.9 Å². The number of nitrogens with two attached hydrogens (primary N) is 1. The Morgan fingerprint density at radius 3 is 2.78 bits per heavy atom. The molecule has 1 atom stereocenters. The molecule has 0 radical (unpaired) electrons. The van der Waals surface area contributed by atoms with Gasteiger partial charge in [-0.05, 0) is 53.8 Å². The zero-order chi connectivity index (χ0) is 23.0. The molecule has 0 unspecified atom stereocenters. The van der Waals surface area contributed by atoms with Crippen molar-refractivity contribution in [1.82, 2.24) is 0 Å². The monoisotopic (exact) mass is 475 g/mol. The highest BCUT2D eigenvalue weighted by molar-refractivity contribution is 8.01. The molecule has 4 nitrogen and oxygen atoms in total. The molecule has 1 aromatic heterocycles.